The van der Waals surface area contributed by atoms with Crippen molar-refractivity contribution < 1.29 is 9.53 Å². The Kier molecular flexibility index (Phi) is 7.08. The molecule has 0 aliphatic carbocycles. The van der Waals surface area contributed by atoms with Gasteiger partial charge >= 0.3 is 5.97 Å². The van der Waals surface area contributed by atoms with Crippen LogP contribution in [-0.4, -0.2) is 112 Å². The molecule has 2 aliphatic rings. The summed E-state index contributed by atoms with van der Waals surface area (Å²) < 4.78 is 5.27. The molecule has 6 nitrogen and oxygen atoms in total. The van der Waals surface area contributed by atoms with Crippen LogP contribution >= 0.6 is 0 Å². The molecule has 2 fully saturated rings. The lowest BCUT2D eigenvalue weighted by molar-refractivity contribution is -0.145. The van der Waals surface area contributed by atoms with Gasteiger partial charge in [0.15, 0.2) is 0 Å². The fourth-order valence-electron chi connectivity index (χ4n) is 3.20. The van der Waals surface area contributed by atoms with Crippen LogP contribution in [0.2, 0.25) is 0 Å². The van der Waals surface area contributed by atoms with Crippen LogP contribution in [-0.2, 0) is 9.53 Å². The van der Waals surface area contributed by atoms with E-state index in [1.807, 2.05) is 19.0 Å². The second kappa shape index (κ2) is 8.82. The number of nitrogens with zero attached hydrogens (tertiary/aromatic N) is 4. The number of esters is 1. The molecule has 0 unspecified atom stereocenters. The number of ether oxygens (including phenoxy) is 1. The maximum Gasteiger partial charge on any atom is 0.320 e. The van der Waals surface area contributed by atoms with E-state index in [9.17, 15) is 4.79 Å². The Hall–Kier alpha value is -0.690. The number of piperidine rings is 1. The summed E-state index contributed by atoms with van der Waals surface area (Å²) in [5, 5.41) is 0. The van der Waals surface area contributed by atoms with E-state index in [2.05, 4.69) is 21.7 Å². The molecule has 0 saturated carbocycles. The van der Waals surface area contributed by atoms with Crippen molar-refractivity contribution in [1.29, 1.82) is 0 Å². The minimum Gasteiger partial charge on any atom is -0.463 e. The fraction of sp³-hybridized carbons (Fsp3) is 0.938. The van der Waals surface area contributed by atoms with Crippen LogP contribution in [0.4, 0.5) is 0 Å². The van der Waals surface area contributed by atoms with Crippen molar-refractivity contribution in [3.63, 3.8) is 0 Å². The molecule has 0 spiro atoms. The van der Waals surface area contributed by atoms with Gasteiger partial charge in [-0.05, 0) is 34.0 Å². The van der Waals surface area contributed by atoms with E-state index in [1.165, 1.54) is 39.0 Å². The third kappa shape index (κ3) is 5.83. The first-order valence-electron chi connectivity index (χ1n) is 8.50. The zero-order valence-electron chi connectivity index (χ0n) is 14.5. The number of carbonyl (C=O) groups excluding carboxylic acids is 1. The van der Waals surface area contributed by atoms with E-state index in [1.54, 1.807) is 0 Å². The van der Waals surface area contributed by atoms with E-state index in [-0.39, 0.29) is 5.97 Å². The average Bonchev–Trinajstić information content (AvgIpc) is 2.48. The van der Waals surface area contributed by atoms with Crippen molar-refractivity contribution >= 4 is 5.97 Å². The lowest BCUT2D eigenvalue weighted by Gasteiger charge is -2.41. The first-order valence-corrected chi connectivity index (χ1v) is 8.50. The molecule has 0 amide bonds. The number of likely N-dealkylation sites (tertiary alicyclic amines) is 1. The standard InChI is InChI=1S/C16H32N4O2/c1-17(2)12-13-22-16(21)14-19-6-4-15(5-7-19)20-10-8-18(3)9-11-20/h15H,4-14H2,1-3H3. The van der Waals surface area contributed by atoms with Crippen molar-refractivity contribution in [1.82, 2.24) is 19.6 Å². The summed E-state index contributed by atoms with van der Waals surface area (Å²) in [5.74, 6) is -0.0834. The van der Waals surface area contributed by atoms with Crippen LogP contribution in [0, 0.1) is 0 Å². The van der Waals surface area contributed by atoms with E-state index in [4.69, 9.17) is 4.74 Å². The molecule has 22 heavy (non-hydrogen) atoms. The molecule has 2 heterocycles. The molecule has 0 bridgehead atoms. The topological polar surface area (TPSA) is 39.3 Å². The quantitative estimate of drug-likeness (QED) is 0.633. The molecule has 0 radical (unpaired) electrons. The Morgan fingerprint density at radius 1 is 1.09 bits per heavy atom. The van der Waals surface area contributed by atoms with Crippen LogP contribution in [0.25, 0.3) is 0 Å². The molecule has 2 saturated heterocycles. The summed E-state index contributed by atoms with van der Waals surface area (Å²) in [6.07, 6.45) is 2.35. The number of hydrogen-bond donors (Lipinski definition) is 0. The molecule has 2 rings (SSSR count). The van der Waals surface area contributed by atoms with Gasteiger partial charge in [-0.25, -0.2) is 0 Å². The van der Waals surface area contributed by atoms with Gasteiger partial charge in [-0.3, -0.25) is 14.6 Å². The lowest BCUT2D eigenvalue weighted by Crippen LogP contribution is -2.52. The number of hydrogen-bond acceptors (Lipinski definition) is 6. The second-order valence-corrected chi connectivity index (χ2v) is 6.87. The van der Waals surface area contributed by atoms with Crippen LogP contribution in [0.5, 0.6) is 0 Å². The van der Waals surface area contributed by atoms with Crippen molar-refractivity contribution in [2.45, 2.75) is 18.9 Å². The zero-order chi connectivity index (χ0) is 15.9. The van der Waals surface area contributed by atoms with Crippen molar-refractivity contribution in [2.75, 3.05) is 80.1 Å². The Morgan fingerprint density at radius 2 is 1.73 bits per heavy atom. The average molecular weight is 312 g/mol. The van der Waals surface area contributed by atoms with E-state index < -0.39 is 0 Å². The molecule has 2 aliphatic heterocycles. The van der Waals surface area contributed by atoms with Gasteiger partial charge in [0.1, 0.15) is 6.61 Å². The van der Waals surface area contributed by atoms with Gasteiger partial charge in [0.25, 0.3) is 0 Å². The monoisotopic (exact) mass is 312 g/mol. The maximum atomic E-state index is 11.8. The normalized spacial score (nSPS) is 23.1. The van der Waals surface area contributed by atoms with Gasteiger partial charge in [0.2, 0.25) is 0 Å². The molecule has 6 heteroatoms. The highest BCUT2D eigenvalue weighted by atomic mass is 16.5. The van der Waals surface area contributed by atoms with Gasteiger partial charge in [-0.15, -0.1) is 0 Å². The molecular weight excluding hydrogens is 280 g/mol. The van der Waals surface area contributed by atoms with E-state index in [0.717, 1.165) is 19.6 Å². The van der Waals surface area contributed by atoms with Gasteiger partial charge in [0.05, 0.1) is 6.54 Å². The van der Waals surface area contributed by atoms with Gasteiger partial charge < -0.3 is 14.5 Å². The van der Waals surface area contributed by atoms with E-state index >= 15 is 0 Å². The Morgan fingerprint density at radius 3 is 2.32 bits per heavy atom. The molecule has 0 aromatic rings. The summed E-state index contributed by atoms with van der Waals surface area (Å²) in [7, 11) is 6.16. The number of likely N-dealkylation sites (N-methyl/N-ethyl adjacent to an activating group) is 2. The Labute approximate surface area is 135 Å². The van der Waals surface area contributed by atoms with Crippen molar-refractivity contribution in [3.05, 3.63) is 0 Å². The second-order valence-electron chi connectivity index (χ2n) is 6.87. The van der Waals surface area contributed by atoms with Crippen molar-refractivity contribution in [2.24, 2.45) is 0 Å². The summed E-state index contributed by atoms with van der Waals surface area (Å²) >= 11 is 0. The summed E-state index contributed by atoms with van der Waals surface area (Å²) in [6.45, 7) is 8.49. The minimum absolute atomic E-state index is 0.0834. The van der Waals surface area contributed by atoms with Crippen LogP contribution in [0.3, 0.4) is 0 Å². The molecule has 0 N–H and O–H groups in total. The molecule has 0 atom stereocenters. The van der Waals surface area contributed by atoms with E-state index in [0.29, 0.717) is 19.2 Å². The fourth-order valence-corrected chi connectivity index (χ4v) is 3.20. The Balaban J connectivity index is 1.61. The minimum atomic E-state index is -0.0834. The highest BCUT2D eigenvalue weighted by molar-refractivity contribution is 5.71. The van der Waals surface area contributed by atoms with Gasteiger partial charge in [-0.1, -0.05) is 0 Å². The number of carbonyl (C=O) groups is 1. The van der Waals surface area contributed by atoms with Crippen LogP contribution < -0.4 is 0 Å². The first-order chi connectivity index (χ1) is 10.5. The molecule has 0 aromatic heterocycles. The molecular formula is C16H32N4O2. The maximum absolute atomic E-state index is 11.8. The smallest absolute Gasteiger partial charge is 0.320 e. The lowest BCUT2D eigenvalue weighted by atomic mass is 10.0. The highest BCUT2D eigenvalue weighted by Crippen LogP contribution is 2.17. The predicted molar refractivity (Wildman–Crippen MR) is 88.0 cm³/mol. The Bertz CT molecular complexity index is 335. The van der Waals surface area contributed by atoms with Crippen LogP contribution in [0.1, 0.15) is 12.8 Å². The summed E-state index contributed by atoms with van der Waals surface area (Å²) in [6, 6.07) is 0.703. The number of rotatable bonds is 6. The number of piperazine rings is 1. The van der Waals surface area contributed by atoms with Gasteiger partial charge in [-0.2, -0.15) is 0 Å². The largest absolute Gasteiger partial charge is 0.463 e. The zero-order valence-corrected chi connectivity index (χ0v) is 14.5. The summed E-state index contributed by atoms with van der Waals surface area (Å²) in [5.41, 5.74) is 0. The first kappa shape index (κ1) is 17.7. The third-order valence-corrected chi connectivity index (χ3v) is 4.77. The van der Waals surface area contributed by atoms with Gasteiger partial charge in [0, 0.05) is 51.9 Å². The molecule has 128 valence electrons. The highest BCUT2D eigenvalue weighted by Gasteiger charge is 2.27. The summed E-state index contributed by atoms with van der Waals surface area (Å²) in [4.78, 5) is 21.1. The van der Waals surface area contributed by atoms with Crippen LogP contribution in [0.15, 0.2) is 0 Å². The SMILES string of the molecule is CN(C)CCOC(=O)CN1CCC(N2CCN(C)CC2)CC1. The third-order valence-electron chi connectivity index (χ3n) is 4.77. The molecule has 0 aromatic carbocycles. The predicted octanol–water partition coefficient (Wildman–Crippen LogP) is -0.197. The van der Waals surface area contributed by atoms with Crippen molar-refractivity contribution in [3.8, 4) is 0 Å².